The largest absolute Gasteiger partial charge is 0.392 e. The molecule has 0 bridgehead atoms. The molecule has 1 aromatic heterocycles. The second-order valence-electron chi connectivity index (χ2n) is 4.02. The fourth-order valence-corrected chi connectivity index (χ4v) is 1.77. The lowest BCUT2D eigenvalue weighted by molar-refractivity contribution is 0.282. The number of rotatable bonds is 4. The maximum atomic E-state index is 8.97. The molecule has 84 valence electrons. The highest BCUT2D eigenvalue weighted by Gasteiger charge is 1.97. The van der Waals surface area contributed by atoms with Gasteiger partial charge >= 0.3 is 0 Å². The number of aliphatic hydroxyl groups is 1. The van der Waals surface area contributed by atoms with Crippen LogP contribution in [0.5, 0.6) is 0 Å². The standard InChI is InChI=1S/C14H17NO/c1-2-12-3-5-13(6-4-12)9-15-8-7-14(10-15)11-16/h3-8,10,16H,2,9,11H2,1H3. The zero-order valence-electron chi connectivity index (χ0n) is 9.56. The van der Waals surface area contributed by atoms with Gasteiger partial charge in [-0.2, -0.15) is 0 Å². The molecule has 2 rings (SSSR count). The van der Waals surface area contributed by atoms with Crippen molar-refractivity contribution in [2.45, 2.75) is 26.5 Å². The molecule has 2 aromatic rings. The first kappa shape index (κ1) is 11.0. The molecule has 0 radical (unpaired) electrons. The lowest BCUT2D eigenvalue weighted by Gasteiger charge is -2.04. The Kier molecular flexibility index (Phi) is 3.42. The topological polar surface area (TPSA) is 25.2 Å². The molecule has 2 nitrogen and oxygen atoms in total. The first-order chi connectivity index (χ1) is 7.81. The molecule has 16 heavy (non-hydrogen) atoms. The van der Waals surface area contributed by atoms with Crippen molar-refractivity contribution in [2.75, 3.05) is 0 Å². The van der Waals surface area contributed by atoms with E-state index in [9.17, 15) is 0 Å². The van der Waals surface area contributed by atoms with E-state index in [4.69, 9.17) is 5.11 Å². The predicted octanol–water partition coefficient (Wildman–Crippen LogP) is 2.59. The summed E-state index contributed by atoms with van der Waals surface area (Å²) in [7, 11) is 0. The van der Waals surface area contributed by atoms with Crippen molar-refractivity contribution in [1.82, 2.24) is 4.57 Å². The Morgan fingerprint density at radius 2 is 1.69 bits per heavy atom. The Morgan fingerprint density at radius 3 is 2.25 bits per heavy atom. The first-order valence-electron chi connectivity index (χ1n) is 5.65. The molecular formula is C14H17NO. The van der Waals surface area contributed by atoms with Gasteiger partial charge in [-0.1, -0.05) is 31.2 Å². The number of aryl methyl sites for hydroxylation is 1. The average molecular weight is 215 g/mol. The van der Waals surface area contributed by atoms with Crippen LogP contribution in [0.15, 0.2) is 42.7 Å². The third-order valence-corrected chi connectivity index (χ3v) is 2.79. The van der Waals surface area contributed by atoms with E-state index in [0.29, 0.717) is 0 Å². The summed E-state index contributed by atoms with van der Waals surface area (Å²) in [5, 5.41) is 8.97. The number of hydrogen-bond acceptors (Lipinski definition) is 1. The van der Waals surface area contributed by atoms with E-state index in [1.54, 1.807) is 0 Å². The van der Waals surface area contributed by atoms with Crippen LogP contribution in [0.25, 0.3) is 0 Å². The molecule has 0 atom stereocenters. The van der Waals surface area contributed by atoms with Crippen molar-refractivity contribution in [3.8, 4) is 0 Å². The fraction of sp³-hybridized carbons (Fsp3) is 0.286. The van der Waals surface area contributed by atoms with E-state index in [2.05, 4.69) is 35.8 Å². The Hall–Kier alpha value is -1.54. The first-order valence-corrected chi connectivity index (χ1v) is 5.65. The van der Waals surface area contributed by atoms with Gasteiger partial charge < -0.3 is 9.67 Å². The van der Waals surface area contributed by atoms with Crippen LogP contribution < -0.4 is 0 Å². The van der Waals surface area contributed by atoms with E-state index in [1.165, 1.54) is 11.1 Å². The molecule has 0 amide bonds. The summed E-state index contributed by atoms with van der Waals surface area (Å²) < 4.78 is 2.09. The molecule has 0 saturated heterocycles. The lowest BCUT2D eigenvalue weighted by atomic mass is 10.1. The van der Waals surface area contributed by atoms with Gasteiger partial charge in [-0.25, -0.2) is 0 Å². The second-order valence-corrected chi connectivity index (χ2v) is 4.02. The highest BCUT2D eigenvalue weighted by Crippen LogP contribution is 2.08. The van der Waals surface area contributed by atoms with Crippen LogP contribution in [0, 0.1) is 0 Å². The van der Waals surface area contributed by atoms with Crippen molar-refractivity contribution in [1.29, 1.82) is 0 Å². The molecule has 0 aliphatic rings. The van der Waals surface area contributed by atoms with Crippen LogP contribution in [0.2, 0.25) is 0 Å². The number of benzene rings is 1. The van der Waals surface area contributed by atoms with Crippen molar-refractivity contribution in [3.05, 3.63) is 59.4 Å². The number of hydrogen-bond donors (Lipinski definition) is 1. The van der Waals surface area contributed by atoms with E-state index in [0.717, 1.165) is 18.5 Å². The second kappa shape index (κ2) is 4.99. The molecule has 0 aliphatic heterocycles. The van der Waals surface area contributed by atoms with E-state index in [1.807, 2.05) is 18.5 Å². The summed E-state index contributed by atoms with van der Waals surface area (Å²) in [5.74, 6) is 0. The number of aliphatic hydroxyl groups excluding tert-OH is 1. The lowest BCUT2D eigenvalue weighted by Crippen LogP contribution is -1.96. The minimum atomic E-state index is 0.113. The molecule has 2 heteroatoms. The van der Waals surface area contributed by atoms with Gasteiger partial charge in [0.1, 0.15) is 0 Å². The third-order valence-electron chi connectivity index (χ3n) is 2.79. The Balaban J connectivity index is 2.08. The monoisotopic (exact) mass is 215 g/mol. The number of nitrogens with zero attached hydrogens (tertiary/aromatic N) is 1. The summed E-state index contributed by atoms with van der Waals surface area (Å²) in [4.78, 5) is 0. The molecule has 0 spiro atoms. The van der Waals surface area contributed by atoms with E-state index in [-0.39, 0.29) is 6.61 Å². The van der Waals surface area contributed by atoms with Gasteiger partial charge in [0.15, 0.2) is 0 Å². The Labute approximate surface area is 96.2 Å². The van der Waals surface area contributed by atoms with Crippen molar-refractivity contribution < 1.29 is 5.11 Å². The van der Waals surface area contributed by atoms with E-state index >= 15 is 0 Å². The van der Waals surface area contributed by atoms with Gasteiger partial charge in [-0.05, 0) is 29.2 Å². The molecule has 0 aliphatic carbocycles. The molecular weight excluding hydrogens is 198 g/mol. The molecule has 1 N–H and O–H groups in total. The average Bonchev–Trinajstić information content (AvgIpc) is 2.78. The SMILES string of the molecule is CCc1ccc(Cn2ccc(CO)c2)cc1. The van der Waals surface area contributed by atoms with Crippen molar-refractivity contribution in [3.63, 3.8) is 0 Å². The molecule has 1 heterocycles. The van der Waals surface area contributed by atoms with Crippen LogP contribution in [-0.4, -0.2) is 9.67 Å². The van der Waals surface area contributed by atoms with Gasteiger partial charge in [0.25, 0.3) is 0 Å². The Bertz CT molecular complexity index is 442. The maximum absolute atomic E-state index is 8.97. The molecule has 1 aromatic carbocycles. The quantitative estimate of drug-likeness (QED) is 0.833. The third kappa shape index (κ3) is 2.52. The van der Waals surface area contributed by atoms with Gasteiger partial charge in [0, 0.05) is 18.9 Å². The van der Waals surface area contributed by atoms with Crippen LogP contribution in [-0.2, 0) is 19.6 Å². The van der Waals surface area contributed by atoms with Gasteiger partial charge in [0.05, 0.1) is 6.61 Å². The predicted molar refractivity (Wildman–Crippen MR) is 65.3 cm³/mol. The normalized spacial score (nSPS) is 10.6. The number of aromatic nitrogens is 1. The van der Waals surface area contributed by atoms with Crippen molar-refractivity contribution >= 4 is 0 Å². The fourth-order valence-electron chi connectivity index (χ4n) is 1.77. The molecule has 0 fully saturated rings. The van der Waals surface area contributed by atoms with Crippen LogP contribution in [0.3, 0.4) is 0 Å². The molecule has 0 saturated carbocycles. The van der Waals surface area contributed by atoms with Gasteiger partial charge in [-0.3, -0.25) is 0 Å². The summed E-state index contributed by atoms with van der Waals surface area (Å²) >= 11 is 0. The van der Waals surface area contributed by atoms with E-state index < -0.39 is 0 Å². The highest BCUT2D eigenvalue weighted by atomic mass is 16.3. The summed E-state index contributed by atoms with van der Waals surface area (Å²) in [6, 6.07) is 10.6. The zero-order valence-corrected chi connectivity index (χ0v) is 9.56. The van der Waals surface area contributed by atoms with Gasteiger partial charge in [0.2, 0.25) is 0 Å². The smallest absolute Gasteiger partial charge is 0.0696 e. The van der Waals surface area contributed by atoms with Crippen molar-refractivity contribution in [2.24, 2.45) is 0 Å². The summed E-state index contributed by atoms with van der Waals surface area (Å²) in [6.45, 7) is 3.14. The minimum absolute atomic E-state index is 0.113. The van der Waals surface area contributed by atoms with Crippen LogP contribution in [0.4, 0.5) is 0 Å². The minimum Gasteiger partial charge on any atom is -0.392 e. The highest BCUT2D eigenvalue weighted by molar-refractivity contribution is 5.23. The Morgan fingerprint density at radius 1 is 1.00 bits per heavy atom. The zero-order chi connectivity index (χ0) is 11.4. The van der Waals surface area contributed by atoms with Gasteiger partial charge in [-0.15, -0.1) is 0 Å². The maximum Gasteiger partial charge on any atom is 0.0696 e. The summed E-state index contributed by atoms with van der Waals surface area (Å²) in [6.07, 6.45) is 5.06. The van der Waals surface area contributed by atoms with Crippen LogP contribution in [0.1, 0.15) is 23.6 Å². The molecule has 0 unspecified atom stereocenters. The summed E-state index contributed by atoms with van der Waals surface area (Å²) in [5.41, 5.74) is 3.62. The van der Waals surface area contributed by atoms with Crippen LogP contribution >= 0.6 is 0 Å².